The second-order valence-electron chi connectivity index (χ2n) is 5.88. The molecule has 0 spiro atoms. The van der Waals surface area contributed by atoms with Crippen molar-refractivity contribution in [3.8, 4) is 22.6 Å². The standard InChI is InChI=1S/C22H18N2OS/c23-18-11-13-19(14-12-18)26-15-20-24-21(16-7-3-1-4-8-16)22(25-20)17-9-5-2-6-10-17/h1-14H,15,23H2. The molecule has 1 aromatic heterocycles. The van der Waals surface area contributed by atoms with Gasteiger partial charge in [-0.3, -0.25) is 0 Å². The number of anilines is 1. The predicted octanol–water partition coefficient (Wildman–Crippen LogP) is 5.88. The van der Waals surface area contributed by atoms with Crippen molar-refractivity contribution in [2.24, 2.45) is 0 Å². The Hall–Kier alpha value is -2.98. The van der Waals surface area contributed by atoms with Crippen LogP contribution >= 0.6 is 11.8 Å². The zero-order chi connectivity index (χ0) is 17.8. The highest BCUT2D eigenvalue weighted by Gasteiger charge is 2.16. The van der Waals surface area contributed by atoms with Gasteiger partial charge >= 0.3 is 0 Å². The van der Waals surface area contributed by atoms with E-state index in [0.29, 0.717) is 11.6 Å². The van der Waals surface area contributed by atoms with Crippen LogP contribution in [0.2, 0.25) is 0 Å². The summed E-state index contributed by atoms with van der Waals surface area (Å²) in [5, 5.41) is 0. The zero-order valence-corrected chi connectivity index (χ0v) is 14.9. The van der Waals surface area contributed by atoms with Crippen LogP contribution in [0.25, 0.3) is 22.6 Å². The number of nitrogens with two attached hydrogens (primary N) is 1. The van der Waals surface area contributed by atoms with Crippen LogP contribution in [0.15, 0.2) is 94.2 Å². The molecule has 0 unspecified atom stereocenters. The Balaban J connectivity index is 1.66. The van der Waals surface area contributed by atoms with E-state index in [1.165, 1.54) is 0 Å². The van der Waals surface area contributed by atoms with Crippen LogP contribution in [0, 0.1) is 0 Å². The van der Waals surface area contributed by atoms with E-state index in [0.717, 1.165) is 33.2 Å². The van der Waals surface area contributed by atoms with Crippen LogP contribution < -0.4 is 5.73 Å². The van der Waals surface area contributed by atoms with Crippen molar-refractivity contribution in [1.82, 2.24) is 4.98 Å². The Bertz CT molecular complexity index is 923. The van der Waals surface area contributed by atoms with Gasteiger partial charge in [-0.15, -0.1) is 11.8 Å². The summed E-state index contributed by atoms with van der Waals surface area (Å²) in [5.41, 5.74) is 9.48. The first-order valence-electron chi connectivity index (χ1n) is 8.38. The molecular formula is C22H18N2OS. The average Bonchev–Trinajstić information content (AvgIpc) is 3.13. The Morgan fingerprint density at radius 1 is 0.769 bits per heavy atom. The number of rotatable bonds is 5. The number of hydrogen-bond acceptors (Lipinski definition) is 4. The second-order valence-corrected chi connectivity index (χ2v) is 6.92. The van der Waals surface area contributed by atoms with Gasteiger partial charge in [-0.2, -0.15) is 0 Å². The third-order valence-corrected chi connectivity index (χ3v) is 4.99. The molecule has 0 saturated heterocycles. The summed E-state index contributed by atoms with van der Waals surface area (Å²) < 4.78 is 6.14. The van der Waals surface area contributed by atoms with Gasteiger partial charge in [-0.25, -0.2) is 4.98 Å². The summed E-state index contributed by atoms with van der Waals surface area (Å²) in [6.07, 6.45) is 0. The fourth-order valence-corrected chi connectivity index (χ4v) is 3.45. The maximum Gasteiger partial charge on any atom is 0.205 e. The summed E-state index contributed by atoms with van der Waals surface area (Å²) in [6.45, 7) is 0. The molecule has 0 fully saturated rings. The van der Waals surface area contributed by atoms with Crippen molar-refractivity contribution >= 4 is 17.4 Å². The second kappa shape index (κ2) is 7.50. The molecule has 0 bridgehead atoms. The van der Waals surface area contributed by atoms with Gasteiger partial charge in [0.15, 0.2) is 5.76 Å². The van der Waals surface area contributed by atoms with Crippen molar-refractivity contribution in [3.05, 3.63) is 90.8 Å². The molecule has 26 heavy (non-hydrogen) atoms. The van der Waals surface area contributed by atoms with Crippen LogP contribution in [-0.4, -0.2) is 4.98 Å². The highest BCUT2D eigenvalue weighted by molar-refractivity contribution is 7.98. The summed E-state index contributed by atoms with van der Waals surface area (Å²) in [6, 6.07) is 28.1. The molecule has 1 heterocycles. The largest absolute Gasteiger partial charge is 0.439 e. The van der Waals surface area contributed by atoms with Crippen LogP contribution in [-0.2, 0) is 5.75 Å². The third kappa shape index (κ3) is 3.65. The highest BCUT2D eigenvalue weighted by atomic mass is 32.2. The van der Waals surface area contributed by atoms with E-state index in [-0.39, 0.29) is 0 Å². The van der Waals surface area contributed by atoms with Crippen LogP contribution in [0.1, 0.15) is 5.89 Å². The lowest BCUT2D eigenvalue weighted by atomic mass is 10.1. The van der Waals surface area contributed by atoms with E-state index in [1.54, 1.807) is 11.8 Å². The fourth-order valence-electron chi connectivity index (χ4n) is 2.71. The SMILES string of the molecule is Nc1ccc(SCc2nc(-c3ccccc3)c(-c3ccccc3)o2)cc1. The molecule has 0 amide bonds. The first-order chi connectivity index (χ1) is 12.8. The molecule has 0 radical (unpaired) electrons. The molecule has 2 N–H and O–H groups in total. The smallest absolute Gasteiger partial charge is 0.205 e. The predicted molar refractivity (Wildman–Crippen MR) is 108 cm³/mol. The van der Waals surface area contributed by atoms with Crippen LogP contribution in [0.4, 0.5) is 5.69 Å². The summed E-state index contributed by atoms with van der Waals surface area (Å²) >= 11 is 1.68. The first-order valence-corrected chi connectivity index (χ1v) is 9.37. The minimum absolute atomic E-state index is 0.663. The molecule has 4 rings (SSSR count). The summed E-state index contributed by atoms with van der Waals surface area (Å²) in [4.78, 5) is 5.92. The molecule has 0 aliphatic carbocycles. The zero-order valence-electron chi connectivity index (χ0n) is 14.1. The van der Waals surface area contributed by atoms with E-state index in [9.17, 15) is 0 Å². The summed E-state index contributed by atoms with van der Waals surface area (Å²) in [5.74, 6) is 2.19. The van der Waals surface area contributed by atoms with E-state index in [2.05, 4.69) is 12.1 Å². The minimum atomic E-state index is 0.663. The number of hydrogen-bond donors (Lipinski definition) is 1. The van der Waals surface area contributed by atoms with Gasteiger partial charge in [0.25, 0.3) is 0 Å². The topological polar surface area (TPSA) is 52.0 Å². The lowest BCUT2D eigenvalue weighted by molar-refractivity contribution is 0.530. The van der Waals surface area contributed by atoms with Gasteiger partial charge in [0.2, 0.25) is 5.89 Å². The first kappa shape index (κ1) is 16.5. The number of nitrogen functional groups attached to an aromatic ring is 1. The maximum absolute atomic E-state index is 6.14. The fraction of sp³-hybridized carbons (Fsp3) is 0.0455. The molecule has 0 aliphatic heterocycles. The molecule has 0 saturated carbocycles. The lowest BCUT2D eigenvalue weighted by Gasteiger charge is -2.01. The number of benzene rings is 3. The van der Waals surface area contributed by atoms with Gasteiger partial charge in [-0.1, -0.05) is 60.7 Å². The van der Waals surface area contributed by atoms with E-state index in [1.807, 2.05) is 72.8 Å². The number of aromatic nitrogens is 1. The quantitative estimate of drug-likeness (QED) is 0.357. The summed E-state index contributed by atoms with van der Waals surface area (Å²) in [7, 11) is 0. The van der Waals surface area contributed by atoms with Gasteiger partial charge in [-0.05, 0) is 24.3 Å². The van der Waals surface area contributed by atoms with E-state index >= 15 is 0 Å². The number of thioether (sulfide) groups is 1. The number of oxazole rings is 1. The van der Waals surface area contributed by atoms with Crippen molar-refractivity contribution in [2.45, 2.75) is 10.6 Å². The Labute approximate surface area is 156 Å². The average molecular weight is 358 g/mol. The van der Waals surface area contributed by atoms with Crippen molar-refractivity contribution in [3.63, 3.8) is 0 Å². The van der Waals surface area contributed by atoms with Crippen molar-refractivity contribution in [2.75, 3.05) is 5.73 Å². The molecule has 0 aliphatic rings. The lowest BCUT2D eigenvalue weighted by Crippen LogP contribution is -1.84. The molecular weight excluding hydrogens is 340 g/mol. The Morgan fingerprint density at radius 3 is 2.04 bits per heavy atom. The maximum atomic E-state index is 6.14. The molecule has 3 aromatic carbocycles. The molecule has 3 nitrogen and oxygen atoms in total. The molecule has 4 aromatic rings. The highest BCUT2D eigenvalue weighted by Crippen LogP contribution is 2.34. The van der Waals surface area contributed by atoms with E-state index < -0.39 is 0 Å². The van der Waals surface area contributed by atoms with Gasteiger partial charge in [0.1, 0.15) is 5.69 Å². The molecule has 4 heteroatoms. The van der Waals surface area contributed by atoms with Gasteiger partial charge in [0.05, 0.1) is 5.75 Å². The van der Waals surface area contributed by atoms with Crippen LogP contribution in [0.5, 0.6) is 0 Å². The van der Waals surface area contributed by atoms with Crippen molar-refractivity contribution < 1.29 is 4.42 Å². The Morgan fingerprint density at radius 2 is 1.38 bits per heavy atom. The Kier molecular flexibility index (Phi) is 4.75. The van der Waals surface area contributed by atoms with E-state index in [4.69, 9.17) is 15.1 Å². The van der Waals surface area contributed by atoms with Crippen LogP contribution in [0.3, 0.4) is 0 Å². The molecule has 0 atom stereocenters. The third-order valence-electron chi connectivity index (χ3n) is 4.00. The normalized spacial score (nSPS) is 10.8. The minimum Gasteiger partial charge on any atom is -0.439 e. The van der Waals surface area contributed by atoms with Gasteiger partial charge in [0, 0.05) is 21.7 Å². The van der Waals surface area contributed by atoms with Crippen molar-refractivity contribution in [1.29, 1.82) is 0 Å². The monoisotopic (exact) mass is 358 g/mol. The van der Waals surface area contributed by atoms with Gasteiger partial charge < -0.3 is 10.2 Å². The molecule has 128 valence electrons. The number of nitrogens with zero attached hydrogens (tertiary/aromatic N) is 1.